The number of hydrogen-bond acceptors (Lipinski definition) is 2. The van der Waals surface area contributed by atoms with Crippen LogP contribution in [0.25, 0.3) is 10.9 Å². The third kappa shape index (κ3) is 2.40. The van der Waals surface area contributed by atoms with Crippen LogP contribution in [0.1, 0.15) is 10.4 Å². The minimum absolute atomic E-state index is 0.213. The van der Waals surface area contributed by atoms with Crippen LogP contribution in [-0.2, 0) is 18.5 Å². The van der Waals surface area contributed by atoms with Crippen LogP contribution in [0.5, 0.6) is 0 Å². The van der Waals surface area contributed by atoms with E-state index in [1.807, 2.05) is 65.0 Å². The second-order valence-electron chi connectivity index (χ2n) is 4.66. The number of fused-ring (bicyclic) bond motifs is 1. The molecule has 0 fully saturated rings. The lowest BCUT2D eigenvalue weighted by Gasteiger charge is -2.06. The second kappa shape index (κ2) is 5.17. The van der Waals surface area contributed by atoms with Crippen molar-refractivity contribution in [1.82, 2.24) is 4.57 Å². The number of hydrogen-bond donors (Lipinski definition) is 0. The van der Waals surface area contributed by atoms with Crippen LogP contribution in [0.3, 0.4) is 0 Å². The number of esters is 1. The summed E-state index contributed by atoms with van der Waals surface area (Å²) in [6, 6.07) is 13.6. The molecule has 0 atom stereocenters. The highest BCUT2D eigenvalue weighted by atomic mass is 16.5. The maximum absolute atomic E-state index is 12.0. The first-order chi connectivity index (χ1) is 9.74. The van der Waals surface area contributed by atoms with Crippen molar-refractivity contribution < 1.29 is 14.1 Å². The van der Waals surface area contributed by atoms with Crippen molar-refractivity contribution in [2.45, 2.75) is 6.73 Å². The first kappa shape index (κ1) is 12.4. The number of carbonyl (C=O) groups is 1. The molecule has 0 saturated heterocycles. The number of benzene rings is 1. The Morgan fingerprint density at radius 1 is 1.20 bits per heavy atom. The monoisotopic (exact) mass is 267 g/mol. The van der Waals surface area contributed by atoms with Crippen LogP contribution >= 0.6 is 0 Å². The van der Waals surface area contributed by atoms with Crippen LogP contribution in [0.15, 0.2) is 61.1 Å². The normalized spacial score (nSPS) is 10.7. The Balaban J connectivity index is 1.75. The van der Waals surface area contributed by atoms with Crippen LogP contribution < -0.4 is 4.57 Å². The summed E-state index contributed by atoms with van der Waals surface area (Å²) in [6.45, 7) is 0.213. The SMILES string of the molecule is C[n+]1cccc(C(=O)OCn2ccc3ccccc32)c1. The summed E-state index contributed by atoms with van der Waals surface area (Å²) in [4.78, 5) is 12.0. The molecule has 20 heavy (non-hydrogen) atoms. The highest BCUT2D eigenvalue weighted by Gasteiger charge is 2.11. The molecule has 0 amide bonds. The standard InChI is InChI=1S/C16H15N2O2/c1-17-9-4-6-14(11-17)16(19)20-12-18-10-8-13-5-2-3-7-15(13)18/h2-11H,12H2,1H3/q+1. The predicted octanol–water partition coefficient (Wildman–Crippen LogP) is 2.28. The molecule has 0 unspecified atom stereocenters. The van der Waals surface area contributed by atoms with Gasteiger partial charge < -0.3 is 9.30 Å². The lowest BCUT2D eigenvalue weighted by Crippen LogP contribution is -2.28. The van der Waals surface area contributed by atoms with E-state index in [-0.39, 0.29) is 12.7 Å². The molecule has 0 radical (unpaired) electrons. The maximum Gasteiger partial charge on any atom is 0.345 e. The van der Waals surface area contributed by atoms with E-state index in [0.717, 1.165) is 10.9 Å². The fourth-order valence-corrected chi connectivity index (χ4v) is 2.17. The Labute approximate surface area is 116 Å². The largest absolute Gasteiger partial charge is 0.440 e. The van der Waals surface area contributed by atoms with Gasteiger partial charge in [0, 0.05) is 12.3 Å². The molecular weight excluding hydrogens is 252 g/mol. The third-order valence-electron chi connectivity index (χ3n) is 3.19. The average Bonchev–Trinajstić information content (AvgIpc) is 2.88. The average molecular weight is 267 g/mol. The molecule has 2 aromatic heterocycles. The van der Waals surface area contributed by atoms with Gasteiger partial charge in [0.05, 0.1) is 5.52 Å². The summed E-state index contributed by atoms with van der Waals surface area (Å²) >= 11 is 0. The Hall–Kier alpha value is -2.62. The zero-order chi connectivity index (χ0) is 13.9. The van der Waals surface area contributed by atoms with Crippen LogP contribution in [0.2, 0.25) is 0 Å². The minimum atomic E-state index is -0.320. The maximum atomic E-state index is 12.0. The molecule has 0 bridgehead atoms. The van der Waals surface area contributed by atoms with E-state index >= 15 is 0 Å². The number of aryl methyl sites for hydroxylation is 1. The Kier molecular flexibility index (Phi) is 3.21. The predicted molar refractivity (Wildman–Crippen MR) is 75.0 cm³/mol. The third-order valence-corrected chi connectivity index (χ3v) is 3.19. The first-order valence-electron chi connectivity index (χ1n) is 6.40. The number of para-hydroxylation sites is 1. The second-order valence-corrected chi connectivity index (χ2v) is 4.66. The van der Waals surface area contributed by atoms with Gasteiger partial charge in [-0.1, -0.05) is 18.2 Å². The summed E-state index contributed by atoms with van der Waals surface area (Å²) in [5.74, 6) is -0.320. The fraction of sp³-hybridized carbons (Fsp3) is 0.125. The summed E-state index contributed by atoms with van der Waals surface area (Å²) in [7, 11) is 1.87. The van der Waals surface area contributed by atoms with Gasteiger partial charge in [-0.25, -0.2) is 9.36 Å². The molecule has 3 rings (SSSR count). The molecule has 2 heterocycles. The lowest BCUT2D eigenvalue weighted by molar-refractivity contribution is -0.671. The van der Waals surface area contributed by atoms with Gasteiger partial charge in [0.15, 0.2) is 19.1 Å². The highest BCUT2D eigenvalue weighted by molar-refractivity contribution is 5.88. The van der Waals surface area contributed by atoms with Gasteiger partial charge in [-0.2, -0.15) is 0 Å². The fourth-order valence-electron chi connectivity index (χ4n) is 2.17. The number of carbonyl (C=O) groups excluding carboxylic acids is 1. The van der Waals surface area contributed by atoms with Gasteiger partial charge in [0.1, 0.15) is 12.6 Å². The summed E-state index contributed by atoms with van der Waals surface area (Å²) in [6.07, 6.45) is 5.54. The first-order valence-corrected chi connectivity index (χ1v) is 6.40. The summed E-state index contributed by atoms with van der Waals surface area (Å²) in [5.41, 5.74) is 1.60. The van der Waals surface area contributed by atoms with E-state index in [0.29, 0.717) is 5.56 Å². The van der Waals surface area contributed by atoms with Gasteiger partial charge in [0.25, 0.3) is 0 Å². The molecule has 0 spiro atoms. The van der Waals surface area contributed by atoms with E-state index in [9.17, 15) is 4.79 Å². The van der Waals surface area contributed by atoms with Crippen LogP contribution in [0.4, 0.5) is 0 Å². The molecule has 4 nitrogen and oxygen atoms in total. The van der Waals surface area contributed by atoms with Gasteiger partial charge in [0.2, 0.25) is 0 Å². The molecule has 0 aliphatic heterocycles. The van der Waals surface area contributed by atoms with Crippen LogP contribution in [-0.4, -0.2) is 10.5 Å². The molecule has 0 aliphatic rings. The number of nitrogens with zero attached hydrogens (tertiary/aromatic N) is 2. The van der Waals surface area contributed by atoms with Crippen molar-refractivity contribution in [3.8, 4) is 0 Å². The highest BCUT2D eigenvalue weighted by Crippen LogP contribution is 2.15. The van der Waals surface area contributed by atoms with E-state index in [1.54, 1.807) is 12.3 Å². The molecule has 3 aromatic rings. The zero-order valence-corrected chi connectivity index (χ0v) is 11.2. The smallest absolute Gasteiger partial charge is 0.345 e. The van der Waals surface area contributed by atoms with Gasteiger partial charge in [-0.3, -0.25) is 0 Å². The van der Waals surface area contributed by atoms with Crippen LogP contribution in [0, 0.1) is 0 Å². The molecular formula is C16H15N2O2+. The van der Waals surface area contributed by atoms with Gasteiger partial charge in [-0.15, -0.1) is 0 Å². The summed E-state index contributed by atoms with van der Waals surface area (Å²) < 4.78 is 9.08. The van der Waals surface area contributed by atoms with Crippen molar-refractivity contribution in [1.29, 1.82) is 0 Å². The molecule has 100 valence electrons. The minimum Gasteiger partial charge on any atom is -0.440 e. The number of ether oxygens (including phenoxy) is 1. The Morgan fingerprint density at radius 2 is 2.05 bits per heavy atom. The van der Waals surface area contributed by atoms with Gasteiger partial charge >= 0.3 is 5.97 Å². The van der Waals surface area contributed by atoms with E-state index < -0.39 is 0 Å². The lowest BCUT2D eigenvalue weighted by atomic mass is 10.2. The van der Waals surface area contributed by atoms with Crippen molar-refractivity contribution in [3.05, 3.63) is 66.6 Å². The molecule has 0 aliphatic carbocycles. The zero-order valence-electron chi connectivity index (χ0n) is 11.2. The van der Waals surface area contributed by atoms with Crippen molar-refractivity contribution in [2.75, 3.05) is 0 Å². The molecule has 1 aromatic carbocycles. The quantitative estimate of drug-likeness (QED) is 0.539. The number of pyridine rings is 1. The number of rotatable bonds is 3. The Bertz CT molecular complexity index is 762. The van der Waals surface area contributed by atoms with Gasteiger partial charge in [-0.05, 0) is 23.6 Å². The van der Waals surface area contributed by atoms with E-state index in [1.165, 1.54) is 0 Å². The van der Waals surface area contributed by atoms with Crippen molar-refractivity contribution in [2.24, 2.45) is 7.05 Å². The topological polar surface area (TPSA) is 35.1 Å². The van der Waals surface area contributed by atoms with E-state index in [4.69, 9.17) is 4.74 Å². The number of aromatic nitrogens is 2. The van der Waals surface area contributed by atoms with Crippen molar-refractivity contribution in [3.63, 3.8) is 0 Å². The summed E-state index contributed by atoms with van der Waals surface area (Å²) in [5, 5.41) is 1.13. The van der Waals surface area contributed by atoms with Crippen molar-refractivity contribution >= 4 is 16.9 Å². The molecule has 4 heteroatoms. The molecule has 0 N–H and O–H groups in total. The Morgan fingerprint density at radius 3 is 2.90 bits per heavy atom. The van der Waals surface area contributed by atoms with E-state index in [2.05, 4.69) is 0 Å². The molecule has 0 saturated carbocycles.